The van der Waals surface area contributed by atoms with Gasteiger partial charge >= 0.3 is 11.9 Å². The van der Waals surface area contributed by atoms with Gasteiger partial charge < -0.3 is 21.3 Å². The molecule has 1 aromatic carbocycles. The monoisotopic (exact) mass is 280 g/mol. The van der Waals surface area contributed by atoms with Crippen molar-refractivity contribution in [1.29, 1.82) is 0 Å². The summed E-state index contributed by atoms with van der Waals surface area (Å²) in [5.74, 6) is -3.21. The second kappa shape index (κ2) is 6.67. The molecule has 0 fully saturated rings. The topological polar surface area (TPSA) is 130 Å². The average Bonchev–Trinajstić information content (AvgIpc) is 2.38. The lowest BCUT2D eigenvalue weighted by Gasteiger charge is -2.12. The van der Waals surface area contributed by atoms with Crippen molar-refractivity contribution < 1.29 is 24.6 Å². The molecular weight excluding hydrogens is 264 g/mol. The Morgan fingerprint density at radius 2 is 1.65 bits per heavy atom. The zero-order chi connectivity index (χ0) is 15.3. The minimum Gasteiger partial charge on any atom is -0.478 e. The lowest BCUT2D eigenvalue weighted by molar-refractivity contribution is -0.119. The molecule has 108 valence electrons. The second-order valence-corrected chi connectivity index (χ2v) is 4.38. The van der Waals surface area contributed by atoms with E-state index in [9.17, 15) is 14.4 Å². The summed E-state index contributed by atoms with van der Waals surface area (Å²) in [5.41, 5.74) is 5.08. The Morgan fingerprint density at radius 1 is 1.15 bits per heavy atom. The van der Waals surface area contributed by atoms with E-state index in [0.29, 0.717) is 13.0 Å². The standard InChI is InChI=1S/C13H16N2O5/c1-7(2-3-14)11(16)15-10-5-8(12(17)18)4-9(6-10)13(19)20/h4-7H,2-3,14H2,1H3,(H,15,16)(H,17,18)(H,19,20). The fourth-order valence-corrected chi connectivity index (χ4v) is 1.59. The SMILES string of the molecule is CC(CCN)C(=O)Nc1cc(C(=O)O)cc(C(=O)O)c1. The summed E-state index contributed by atoms with van der Waals surface area (Å²) < 4.78 is 0. The molecule has 0 aliphatic carbocycles. The first-order valence-corrected chi connectivity index (χ1v) is 5.97. The van der Waals surface area contributed by atoms with Crippen LogP contribution in [-0.4, -0.2) is 34.6 Å². The zero-order valence-corrected chi connectivity index (χ0v) is 10.9. The molecule has 5 N–H and O–H groups in total. The number of carboxylic acid groups (broad SMARTS) is 2. The maximum absolute atomic E-state index is 11.8. The molecule has 0 saturated heterocycles. The third-order valence-corrected chi connectivity index (χ3v) is 2.74. The Hall–Kier alpha value is -2.41. The molecule has 0 heterocycles. The van der Waals surface area contributed by atoms with Crippen LogP contribution in [0.1, 0.15) is 34.1 Å². The highest BCUT2D eigenvalue weighted by molar-refractivity contribution is 5.98. The van der Waals surface area contributed by atoms with E-state index in [0.717, 1.165) is 6.07 Å². The van der Waals surface area contributed by atoms with Crippen LogP contribution in [0.25, 0.3) is 0 Å². The van der Waals surface area contributed by atoms with Crippen LogP contribution in [0.15, 0.2) is 18.2 Å². The summed E-state index contributed by atoms with van der Waals surface area (Å²) in [4.78, 5) is 33.7. The summed E-state index contributed by atoms with van der Waals surface area (Å²) in [6, 6.07) is 3.45. The molecule has 0 bridgehead atoms. The summed E-state index contributed by atoms with van der Waals surface area (Å²) in [6.07, 6.45) is 0.482. The molecule has 0 spiro atoms. The molecule has 7 nitrogen and oxygen atoms in total. The highest BCUT2D eigenvalue weighted by atomic mass is 16.4. The van der Waals surface area contributed by atoms with E-state index < -0.39 is 11.9 Å². The first-order valence-electron chi connectivity index (χ1n) is 5.97. The molecule has 7 heteroatoms. The molecule has 1 atom stereocenters. The normalized spacial score (nSPS) is 11.7. The molecule has 1 amide bonds. The second-order valence-electron chi connectivity index (χ2n) is 4.38. The van der Waals surface area contributed by atoms with Gasteiger partial charge in [-0.15, -0.1) is 0 Å². The van der Waals surface area contributed by atoms with Gasteiger partial charge in [0.25, 0.3) is 0 Å². The maximum atomic E-state index is 11.8. The zero-order valence-electron chi connectivity index (χ0n) is 10.9. The van der Waals surface area contributed by atoms with Gasteiger partial charge in [-0.2, -0.15) is 0 Å². The van der Waals surface area contributed by atoms with Crippen molar-refractivity contribution in [2.75, 3.05) is 11.9 Å². The fourth-order valence-electron chi connectivity index (χ4n) is 1.59. The average molecular weight is 280 g/mol. The fraction of sp³-hybridized carbons (Fsp3) is 0.308. The van der Waals surface area contributed by atoms with Gasteiger partial charge in [-0.05, 0) is 31.2 Å². The van der Waals surface area contributed by atoms with Crippen molar-refractivity contribution in [3.8, 4) is 0 Å². The van der Waals surface area contributed by atoms with Crippen molar-refractivity contribution in [3.05, 3.63) is 29.3 Å². The smallest absolute Gasteiger partial charge is 0.335 e. The Balaban J connectivity index is 3.02. The number of carboxylic acids is 2. The number of rotatable bonds is 6. The largest absolute Gasteiger partial charge is 0.478 e. The first-order chi connectivity index (χ1) is 9.35. The molecule has 0 aliphatic heterocycles. The van der Waals surface area contributed by atoms with Crippen molar-refractivity contribution in [1.82, 2.24) is 0 Å². The Labute approximate surface area is 115 Å². The van der Waals surface area contributed by atoms with Crippen molar-refractivity contribution >= 4 is 23.5 Å². The van der Waals surface area contributed by atoms with E-state index in [1.54, 1.807) is 6.92 Å². The number of hydrogen-bond donors (Lipinski definition) is 4. The van der Waals surface area contributed by atoms with Gasteiger partial charge in [-0.1, -0.05) is 6.92 Å². The molecule has 1 unspecified atom stereocenters. The summed E-state index contributed by atoms with van der Waals surface area (Å²) in [6.45, 7) is 2.03. The van der Waals surface area contributed by atoms with Crippen LogP contribution in [-0.2, 0) is 4.79 Å². The van der Waals surface area contributed by atoms with E-state index in [2.05, 4.69) is 5.32 Å². The van der Waals surface area contributed by atoms with Crippen molar-refractivity contribution in [2.45, 2.75) is 13.3 Å². The Bertz CT molecular complexity index is 509. The van der Waals surface area contributed by atoms with Gasteiger partial charge in [0.2, 0.25) is 5.91 Å². The predicted octanol–water partition coefficient (Wildman–Crippen LogP) is 1.01. The van der Waals surface area contributed by atoms with Gasteiger partial charge in [0.05, 0.1) is 11.1 Å². The first kappa shape index (κ1) is 15.6. The molecule has 0 saturated carbocycles. The lowest BCUT2D eigenvalue weighted by Crippen LogP contribution is -2.23. The molecule has 0 aliphatic rings. The van der Waals surface area contributed by atoms with Crippen LogP contribution in [0, 0.1) is 5.92 Å². The predicted molar refractivity (Wildman–Crippen MR) is 71.8 cm³/mol. The molecule has 1 aromatic rings. The minimum absolute atomic E-state index is 0.135. The van der Waals surface area contributed by atoms with Gasteiger partial charge in [-0.3, -0.25) is 4.79 Å². The van der Waals surface area contributed by atoms with E-state index in [4.69, 9.17) is 15.9 Å². The summed E-state index contributed by atoms with van der Waals surface area (Å²) >= 11 is 0. The van der Waals surface area contributed by atoms with E-state index in [-0.39, 0.29) is 28.6 Å². The van der Waals surface area contributed by atoms with E-state index in [1.807, 2.05) is 0 Å². The van der Waals surface area contributed by atoms with Gasteiger partial charge in [0.15, 0.2) is 0 Å². The highest BCUT2D eigenvalue weighted by Crippen LogP contribution is 2.17. The van der Waals surface area contributed by atoms with Gasteiger partial charge in [-0.25, -0.2) is 9.59 Å². The van der Waals surface area contributed by atoms with Crippen LogP contribution in [0.3, 0.4) is 0 Å². The van der Waals surface area contributed by atoms with Crippen LogP contribution in [0.4, 0.5) is 5.69 Å². The molecular formula is C13H16N2O5. The molecule has 1 rings (SSSR count). The number of nitrogens with two attached hydrogens (primary N) is 1. The number of benzene rings is 1. The number of nitrogens with one attached hydrogen (secondary N) is 1. The third-order valence-electron chi connectivity index (χ3n) is 2.74. The van der Waals surface area contributed by atoms with Gasteiger partial charge in [0, 0.05) is 11.6 Å². The van der Waals surface area contributed by atoms with Crippen molar-refractivity contribution in [2.24, 2.45) is 11.7 Å². The number of carbonyl (C=O) groups excluding carboxylic acids is 1. The number of aromatic carboxylic acids is 2. The number of anilines is 1. The number of carbonyl (C=O) groups is 3. The van der Waals surface area contributed by atoms with Crippen molar-refractivity contribution in [3.63, 3.8) is 0 Å². The van der Waals surface area contributed by atoms with Crippen LogP contribution < -0.4 is 11.1 Å². The summed E-state index contributed by atoms with van der Waals surface area (Å²) in [7, 11) is 0. The molecule has 0 radical (unpaired) electrons. The minimum atomic E-state index is -1.27. The third kappa shape index (κ3) is 4.06. The number of hydrogen-bond acceptors (Lipinski definition) is 4. The van der Waals surface area contributed by atoms with E-state index in [1.165, 1.54) is 12.1 Å². The number of amides is 1. The summed E-state index contributed by atoms with van der Waals surface area (Å²) in [5, 5.41) is 20.3. The maximum Gasteiger partial charge on any atom is 0.335 e. The quantitative estimate of drug-likeness (QED) is 0.615. The lowest BCUT2D eigenvalue weighted by atomic mass is 10.1. The molecule has 0 aromatic heterocycles. The molecule has 20 heavy (non-hydrogen) atoms. The van der Waals surface area contributed by atoms with Crippen LogP contribution >= 0.6 is 0 Å². The van der Waals surface area contributed by atoms with Gasteiger partial charge in [0.1, 0.15) is 0 Å². The Kier molecular flexibility index (Phi) is 5.22. The van der Waals surface area contributed by atoms with Crippen LogP contribution in [0.2, 0.25) is 0 Å². The Morgan fingerprint density at radius 3 is 2.05 bits per heavy atom. The van der Waals surface area contributed by atoms with E-state index >= 15 is 0 Å². The van der Waals surface area contributed by atoms with Crippen LogP contribution in [0.5, 0.6) is 0 Å². The highest BCUT2D eigenvalue weighted by Gasteiger charge is 2.15.